The fraction of sp³-hybridized carbons (Fsp3) is 0.316. The number of nitrogens with two attached hydrogens (primary N) is 1. The third-order valence-electron chi connectivity index (χ3n) is 4.27. The number of rotatable bonds is 12. The summed E-state index contributed by atoms with van der Waals surface area (Å²) in [6, 6.07) is 13.0. The van der Waals surface area contributed by atoms with Crippen LogP contribution in [-0.2, 0) is 10.0 Å². The van der Waals surface area contributed by atoms with E-state index in [1.54, 1.807) is 11.8 Å². The summed E-state index contributed by atoms with van der Waals surface area (Å²) < 4.78 is 22.8. The number of nitrogens with zero attached hydrogens (tertiary/aromatic N) is 2. The van der Waals surface area contributed by atoms with E-state index < -0.39 is 31.6 Å². The van der Waals surface area contributed by atoms with Crippen molar-refractivity contribution in [3.05, 3.63) is 58.6 Å². The summed E-state index contributed by atoms with van der Waals surface area (Å²) in [4.78, 5) is 22.8. The van der Waals surface area contributed by atoms with Crippen LogP contribution in [0.25, 0.3) is 0 Å². The molecule has 2 rings (SSSR count). The highest BCUT2D eigenvalue weighted by atomic mass is 32.2. The summed E-state index contributed by atoms with van der Waals surface area (Å²) in [5, 5.41) is 26.5. The van der Waals surface area contributed by atoms with E-state index in [4.69, 9.17) is 5.14 Å². The van der Waals surface area contributed by atoms with Gasteiger partial charge < -0.3 is 5.11 Å². The van der Waals surface area contributed by atoms with E-state index in [0.717, 1.165) is 48.2 Å². The first kappa shape index (κ1) is 24.4. The predicted octanol–water partition coefficient (Wildman–Crippen LogP) is 3.90. The Balaban J connectivity index is 1.86. The van der Waals surface area contributed by atoms with E-state index in [-0.39, 0.29) is 12.2 Å². The van der Waals surface area contributed by atoms with Gasteiger partial charge in [0.2, 0.25) is 10.0 Å². The summed E-state index contributed by atoms with van der Waals surface area (Å²) in [5.74, 6) is 0.966. The summed E-state index contributed by atoms with van der Waals surface area (Å²) in [6.07, 6.45) is 1.98. The highest BCUT2D eigenvalue weighted by Gasteiger charge is 2.22. The standard InChI is InChI=1S/C19H24N4O6S2/c20-31(28,29)16-10-11-17(18(14-16)23(26)27)21-22(19(24)25)12-6-1-2-7-13-30-15-8-4-3-5-9-15/h3-5,8-11,14,21H,1-2,6-7,12-13H2,(H,24,25)(H2,20,28,29). The maximum Gasteiger partial charge on any atom is 0.426 e. The number of benzene rings is 2. The summed E-state index contributed by atoms with van der Waals surface area (Å²) >= 11 is 1.77. The molecule has 0 atom stereocenters. The van der Waals surface area contributed by atoms with Gasteiger partial charge in [-0.05, 0) is 42.9 Å². The number of carbonyl (C=O) groups is 1. The van der Waals surface area contributed by atoms with Crippen LogP contribution in [0.15, 0.2) is 58.3 Å². The molecule has 0 radical (unpaired) electrons. The van der Waals surface area contributed by atoms with Crippen molar-refractivity contribution in [3.63, 3.8) is 0 Å². The topological polar surface area (TPSA) is 156 Å². The number of primary sulfonamides is 1. The van der Waals surface area contributed by atoms with Crippen LogP contribution >= 0.6 is 11.8 Å². The van der Waals surface area contributed by atoms with Crippen LogP contribution in [0.3, 0.4) is 0 Å². The van der Waals surface area contributed by atoms with Crippen LogP contribution in [0.4, 0.5) is 16.2 Å². The van der Waals surface area contributed by atoms with E-state index in [0.29, 0.717) is 6.42 Å². The first-order valence-corrected chi connectivity index (χ1v) is 12.0. The van der Waals surface area contributed by atoms with Crippen molar-refractivity contribution >= 4 is 39.3 Å². The molecular weight excluding hydrogens is 444 g/mol. The number of hydrogen-bond acceptors (Lipinski definition) is 7. The second-order valence-electron chi connectivity index (χ2n) is 6.60. The van der Waals surface area contributed by atoms with Crippen LogP contribution in [0.2, 0.25) is 0 Å². The molecule has 0 unspecified atom stereocenters. The second-order valence-corrected chi connectivity index (χ2v) is 9.33. The van der Waals surface area contributed by atoms with Crippen LogP contribution in [0.5, 0.6) is 0 Å². The number of anilines is 1. The maximum atomic E-state index is 11.5. The van der Waals surface area contributed by atoms with Gasteiger partial charge in [-0.2, -0.15) is 0 Å². The summed E-state index contributed by atoms with van der Waals surface area (Å²) in [6.45, 7) is 0.120. The SMILES string of the molecule is NS(=O)(=O)c1ccc(NN(CCCCCCSc2ccccc2)C(=O)O)c([N+](=O)[O-])c1. The number of sulfonamides is 1. The number of amides is 1. The van der Waals surface area contributed by atoms with Gasteiger partial charge in [-0.25, -0.2) is 23.4 Å². The minimum absolute atomic E-state index is 0.120. The summed E-state index contributed by atoms with van der Waals surface area (Å²) in [5.41, 5.74) is 1.76. The third kappa shape index (κ3) is 8.07. The predicted molar refractivity (Wildman–Crippen MR) is 118 cm³/mol. The Morgan fingerprint density at radius 1 is 1.13 bits per heavy atom. The minimum atomic E-state index is -4.13. The third-order valence-corrected chi connectivity index (χ3v) is 6.28. The molecule has 2 aromatic rings. The van der Waals surface area contributed by atoms with Gasteiger partial charge in [0.05, 0.1) is 9.82 Å². The van der Waals surface area contributed by atoms with Gasteiger partial charge in [0.25, 0.3) is 5.69 Å². The molecule has 0 fully saturated rings. The summed E-state index contributed by atoms with van der Waals surface area (Å²) in [7, 11) is -4.13. The number of nitro groups is 1. The minimum Gasteiger partial charge on any atom is -0.464 e. The average molecular weight is 469 g/mol. The first-order chi connectivity index (χ1) is 14.7. The number of nitro benzene ring substituents is 1. The molecule has 0 aliphatic carbocycles. The molecule has 0 spiro atoms. The molecule has 0 aliphatic heterocycles. The molecule has 10 nitrogen and oxygen atoms in total. The average Bonchev–Trinajstić information content (AvgIpc) is 2.72. The van der Waals surface area contributed by atoms with E-state index in [2.05, 4.69) is 17.6 Å². The molecule has 4 N–H and O–H groups in total. The smallest absolute Gasteiger partial charge is 0.426 e. The molecule has 0 bridgehead atoms. The van der Waals surface area contributed by atoms with Crippen molar-refractivity contribution in [2.24, 2.45) is 5.14 Å². The van der Waals surface area contributed by atoms with Gasteiger partial charge in [-0.1, -0.05) is 31.0 Å². The number of unbranched alkanes of at least 4 members (excludes halogenated alkanes) is 3. The molecule has 0 saturated carbocycles. The van der Waals surface area contributed by atoms with Gasteiger partial charge in [0.15, 0.2) is 0 Å². The Hall–Kier alpha value is -2.83. The van der Waals surface area contributed by atoms with Crippen molar-refractivity contribution < 1.29 is 23.2 Å². The van der Waals surface area contributed by atoms with Crippen molar-refractivity contribution in [3.8, 4) is 0 Å². The Kier molecular flexibility index (Phi) is 9.09. The normalized spacial score (nSPS) is 11.1. The lowest BCUT2D eigenvalue weighted by Gasteiger charge is -2.21. The molecule has 0 heterocycles. The van der Waals surface area contributed by atoms with Crippen molar-refractivity contribution in [2.75, 3.05) is 17.7 Å². The molecular formula is C19H24N4O6S2. The van der Waals surface area contributed by atoms with Crippen molar-refractivity contribution in [1.82, 2.24) is 5.01 Å². The monoisotopic (exact) mass is 468 g/mol. The Morgan fingerprint density at radius 3 is 2.42 bits per heavy atom. The fourth-order valence-corrected chi connectivity index (χ4v) is 4.18. The zero-order chi connectivity index (χ0) is 22.9. The van der Waals surface area contributed by atoms with Crippen LogP contribution < -0.4 is 10.6 Å². The van der Waals surface area contributed by atoms with Gasteiger partial charge >= 0.3 is 6.09 Å². The largest absolute Gasteiger partial charge is 0.464 e. The van der Waals surface area contributed by atoms with Crippen LogP contribution in [-0.4, -0.2) is 41.8 Å². The molecule has 0 saturated heterocycles. The van der Waals surface area contributed by atoms with E-state index >= 15 is 0 Å². The van der Waals surface area contributed by atoms with Gasteiger partial charge in [-0.15, -0.1) is 11.8 Å². The molecule has 0 aromatic heterocycles. The lowest BCUT2D eigenvalue weighted by Crippen LogP contribution is -2.36. The van der Waals surface area contributed by atoms with Gasteiger partial charge in [0, 0.05) is 17.5 Å². The molecule has 2 aromatic carbocycles. The zero-order valence-electron chi connectivity index (χ0n) is 16.6. The lowest BCUT2D eigenvalue weighted by molar-refractivity contribution is -0.384. The first-order valence-electron chi connectivity index (χ1n) is 9.44. The Bertz CT molecular complexity index is 1000. The van der Waals surface area contributed by atoms with Crippen molar-refractivity contribution in [2.45, 2.75) is 35.5 Å². The molecule has 12 heteroatoms. The Labute approximate surface area is 184 Å². The number of hydrazine groups is 1. The van der Waals surface area contributed by atoms with E-state index in [9.17, 15) is 28.4 Å². The highest BCUT2D eigenvalue weighted by Crippen LogP contribution is 2.28. The number of carboxylic acid groups (broad SMARTS) is 1. The quantitative estimate of drug-likeness (QED) is 0.183. The van der Waals surface area contributed by atoms with E-state index in [1.165, 1.54) is 4.90 Å². The van der Waals surface area contributed by atoms with Crippen LogP contribution in [0.1, 0.15) is 25.7 Å². The van der Waals surface area contributed by atoms with Crippen molar-refractivity contribution in [1.29, 1.82) is 0 Å². The molecule has 1 amide bonds. The molecule has 0 aliphatic rings. The molecule has 31 heavy (non-hydrogen) atoms. The maximum absolute atomic E-state index is 11.5. The van der Waals surface area contributed by atoms with Gasteiger partial charge in [0.1, 0.15) is 5.69 Å². The van der Waals surface area contributed by atoms with E-state index in [1.807, 2.05) is 18.2 Å². The zero-order valence-corrected chi connectivity index (χ0v) is 18.3. The highest BCUT2D eigenvalue weighted by molar-refractivity contribution is 7.99. The number of thioether (sulfide) groups is 1. The van der Waals surface area contributed by atoms with Gasteiger partial charge in [-0.3, -0.25) is 15.5 Å². The number of hydrogen-bond donors (Lipinski definition) is 3. The Morgan fingerprint density at radius 2 is 1.81 bits per heavy atom. The van der Waals surface area contributed by atoms with Crippen LogP contribution in [0, 0.1) is 10.1 Å². The fourth-order valence-electron chi connectivity index (χ4n) is 2.71. The molecule has 168 valence electrons. The number of nitrogens with one attached hydrogen (secondary N) is 1. The lowest BCUT2D eigenvalue weighted by atomic mass is 10.2. The second kappa shape index (κ2) is 11.5.